The van der Waals surface area contributed by atoms with Crippen LogP contribution in [0.1, 0.15) is 45.5 Å². The van der Waals surface area contributed by atoms with Gasteiger partial charge in [0.05, 0.1) is 17.6 Å². The Hall–Kier alpha value is -1.26. The first-order chi connectivity index (χ1) is 11.7. The highest BCUT2D eigenvalue weighted by Gasteiger charge is 2.54. The number of carboxylic acid groups (broad SMARTS) is 1. The Morgan fingerprint density at radius 1 is 1.23 bits per heavy atom. The fourth-order valence-corrected chi connectivity index (χ4v) is 3.09. The molecule has 0 spiro atoms. The number of hydrogen-bond donors (Lipinski definition) is 1. The molecule has 1 aromatic rings. The zero-order valence-electron chi connectivity index (χ0n) is 14.7. The van der Waals surface area contributed by atoms with Crippen LogP contribution in [0.3, 0.4) is 0 Å². The van der Waals surface area contributed by atoms with Crippen LogP contribution >= 0.6 is 15.9 Å². The summed E-state index contributed by atoms with van der Waals surface area (Å²) in [5.41, 5.74) is -1.10. The fraction of sp³-hybridized carbons (Fsp3) is 0.562. The van der Waals surface area contributed by atoms with Crippen molar-refractivity contribution in [3.8, 4) is 5.75 Å². The first-order valence-corrected chi connectivity index (χ1v) is 8.63. The van der Waals surface area contributed by atoms with Gasteiger partial charge in [0, 0.05) is 10.3 Å². The van der Waals surface area contributed by atoms with Crippen molar-refractivity contribution in [3.63, 3.8) is 0 Å². The second-order valence-corrected chi connectivity index (χ2v) is 8.01. The normalized spacial score (nSPS) is 20.1. The van der Waals surface area contributed by atoms with Gasteiger partial charge in [-0.2, -0.15) is 0 Å². The molecule has 1 saturated heterocycles. The van der Waals surface area contributed by atoms with Gasteiger partial charge in [-0.1, -0.05) is 15.9 Å². The Labute approximate surface area is 158 Å². The summed E-state index contributed by atoms with van der Waals surface area (Å²) < 4.78 is 53.7. The van der Waals surface area contributed by atoms with Crippen LogP contribution in [0.25, 0.3) is 0 Å². The topological polar surface area (TPSA) is 65.0 Å². The van der Waals surface area contributed by atoms with Crippen molar-refractivity contribution in [1.82, 2.24) is 0 Å². The van der Waals surface area contributed by atoms with Crippen molar-refractivity contribution in [2.75, 3.05) is 0 Å². The van der Waals surface area contributed by atoms with Crippen molar-refractivity contribution >= 4 is 29.0 Å². The second kappa shape index (κ2) is 7.05. The summed E-state index contributed by atoms with van der Waals surface area (Å²) in [5.74, 6) is -2.39. The minimum absolute atomic E-state index is 0.305. The maximum atomic E-state index is 12.5. The summed E-state index contributed by atoms with van der Waals surface area (Å²) in [6.07, 6.45) is -5.23. The largest absolute Gasteiger partial charge is 0.573 e. The highest BCUT2D eigenvalue weighted by molar-refractivity contribution is 9.10. The highest BCUT2D eigenvalue weighted by atomic mass is 79.9. The minimum atomic E-state index is -4.86. The highest BCUT2D eigenvalue weighted by Crippen LogP contribution is 2.42. The number of benzene rings is 1. The second-order valence-electron chi connectivity index (χ2n) is 7.10. The van der Waals surface area contributed by atoms with E-state index < -0.39 is 42.2 Å². The van der Waals surface area contributed by atoms with Crippen LogP contribution in [-0.4, -0.2) is 35.8 Å². The molecular formula is C16H19BBrF3O5. The Kier molecular flexibility index (Phi) is 5.71. The SMILES string of the molecule is CC1(C)OB(C(CC(=O)O)c2cc(Br)cc(OC(F)(F)F)c2)OC1(C)C. The summed E-state index contributed by atoms with van der Waals surface area (Å²) >= 11 is 3.13. The van der Waals surface area contributed by atoms with Crippen LogP contribution in [0, 0.1) is 0 Å². The van der Waals surface area contributed by atoms with Crippen LogP contribution in [-0.2, 0) is 14.1 Å². The van der Waals surface area contributed by atoms with Gasteiger partial charge in [0.1, 0.15) is 5.75 Å². The number of carboxylic acids is 1. The molecule has 2 rings (SSSR count). The number of hydrogen-bond acceptors (Lipinski definition) is 4. The average Bonchev–Trinajstić information content (AvgIpc) is 2.61. The lowest BCUT2D eigenvalue weighted by atomic mass is 9.66. The van der Waals surface area contributed by atoms with Crippen LogP contribution in [0.2, 0.25) is 0 Å². The maximum absolute atomic E-state index is 12.5. The summed E-state index contributed by atoms with van der Waals surface area (Å²) in [4.78, 5) is 11.3. The van der Waals surface area contributed by atoms with Gasteiger partial charge in [0.2, 0.25) is 0 Å². The number of rotatable bonds is 5. The first-order valence-electron chi connectivity index (χ1n) is 7.84. The first kappa shape index (κ1) is 21.0. The van der Waals surface area contributed by atoms with E-state index in [0.29, 0.717) is 10.0 Å². The Balaban J connectivity index is 2.40. The van der Waals surface area contributed by atoms with E-state index in [9.17, 15) is 23.1 Å². The molecule has 26 heavy (non-hydrogen) atoms. The van der Waals surface area contributed by atoms with E-state index in [1.54, 1.807) is 0 Å². The van der Waals surface area contributed by atoms with Crippen molar-refractivity contribution in [2.45, 2.75) is 57.5 Å². The van der Waals surface area contributed by atoms with E-state index in [-0.39, 0.29) is 6.42 Å². The molecule has 0 radical (unpaired) electrons. The Morgan fingerprint density at radius 2 is 1.77 bits per heavy atom. The number of ether oxygens (including phenoxy) is 1. The minimum Gasteiger partial charge on any atom is -0.481 e. The molecule has 1 aliphatic rings. The Bertz CT molecular complexity index is 677. The number of halogens is 4. The van der Waals surface area contributed by atoms with Gasteiger partial charge in [-0.25, -0.2) is 0 Å². The lowest BCUT2D eigenvalue weighted by Gasteiger charge is -2.32. The Morgan fingerprint density at radius 3 is 2.23 bits per heavy atom. The molecule has 1 N–H and O–H groups in total. The molecule has 5 nitrogen and oxygen atoms in total. The van der Waals surface area contributed by atoms with Crippen molar-refractivity contribution in [3.05, 3.63) is 28.2 Å². The lowest BCUT2D eigenvalue weighted by molar-refractivity contribution is -0.274. The predicted molar refractivity (Wildman–Crippen MR) is 91.9 cm³/mol. The summed E-state index contributed by atoms with van der Waals surface area (Å²) in [5, 5.41) is 9.26. The van der Waals surface area contributed by atoms with Gasteiger partial charge in [-0.05, 0) is 51.5 Å². The molecule has 144 valence electrons. The van der Waals surface area contributed by atoms with E-state index in [4.69, 9.17) is 9.31 Å². The smallest absolute Gasteiger partial charge is 0.481 e. The third kappa shape index (κ3) is 4.92. The van der Waals surface area contributed by atoms with Gasteiger partial charge in [0.25, 0.3) is 0 Å². The zero-order valence-corrected chi connectivity index (χ0v) is 16.3. The summed E-state index contributed by atoms with van der Waals surface area (Å²) in [6, 6.07) is 3.83. The molecule has 1 atom stereocenters. The van der Waals surface area contributed by atoms with Crippen LogP contribution < -0.4 is 4.74 Å². The molecule has 0 amide bonds. The van der Waals surface area contributed by atoms with Crippen LogP contribution in [0.15, 0.2) is 22.7 Å². The molecule has 1 aliphatic heterocycles. The molecule has 0 saturated carbocycles. The third-order valence-electron chi connectivity index (χ3n) is 4.55. The van der Waals surface area contributed by atoms with Crippen molar-refractivity contribution in [1.29, 1.82) is 0 Å². The number of aliphatic carboxylic acids is 1. The summed E-state index contributed by atoms with van der Waals surface area (Å²) in [7, 11) is -0.927. The third-order valence-corrected chi connectivity index (χ3v) is 5.01. The van der Waals surface area contributed by atoms with Gasteiger partial charge < -0.3 is 19.2 Å². The quantitative estimate of drug-likeness (QED) is 0.684. The monoisotopic (exact) mass is 438 g/mol. The molecule has 1 heterocycles. The molecule has 1 fully saturated rings. The van der Waals surface area contributed by atoms with Crippen molar-refractivity contribution in [2.24, 2.45) is 0 Å². The van der Waals surface area contributed by atoms with Crippen LogP contribution in [0.5, 0.6) is 5.75 Å². The van der Waals surface area contributed by atoms with Gasteiger partial charge in [-0.3, -0.25) is 4.79 Å². The van der Waals surface area contributed by atoms with Gasteiger partial charge in [0.15, 0.2) is 0 Å². The molecule has 10 heteroatoms. The molecular weight excluding hydrogens is 420 g/mol. The number of alkyl halides is 3. The van der Waals surface area contributed by atoms with E-state index >= 15 is 0 Å². The predicted octanol–water partition coefficient (Wildman–Crippen LogP) is 4.54. The molecule has 0 aromatic heterocycles. The standard InChI is InChI=1S/C16H19BBrF3O5/c1-14(2)15(3,4)26-17(25-14)12(8-13(22)23)9-5-10(18)7-11(6-9)24-16(19,20)21/h5-7,12H,8H2,1-4H3,(H,22,23). The van der Waals surface area contributed by atoms with E-state index in [1.807, 2.05) is 27.7 Å². The van der Waals surface area contributed by atoms with E-state index in [1.165, 1.54) is 6.07 Å². The van der Waals surface area contributed by atoms with Crippen molar-refractivity contribution < 1.29 is 37.1 Å². The zero-order chi connectivity index (χ0) is 19.9. The fourth-order valence-electron chi connectivity index (χ4n) is 2.60. The molecule has 1 unspecified atom stereocenters. The van der Waals surface area contributed by atoms with E-state index in [0.717, 1.165) is 12.1 Å². The maximum Gasteiger partial charge on any atom is 0.573 e. The molecule has 0 bridgehead atoms. The average molecular weight is 439 g/mol. The van der Waals surface area contributed by atoms with E-state index in [2.05, 4.69) is 20.7 Å². The van der Waals surface area contributed by atoms with Gasteiger partial charge in [-0.15, -0.1) is 13.2 Å². The van der Waals surface area contributed by atoms with Gasteiger partial charge >= 0.3 is 19.5 Å². The number of carbonyl (C=O) groups is 1. The molecule has 0 aliphatic carbocycles. The van der Waals surface area contributed by atoms with Crippen LogP contribution in [0.4, 0.5) is 13.2 Å². The lowest BCUT2D eigenvalue weighted by Crippen LogP contribution is -2.41. The molecule has 1 aromatic carbocycles. The summed E-state index contributed by atoms with van der Waals surface area (Å²) in [6.45, 7) is 7.24.